The maximum absolute atomic E-state index is 12.6. The van der Waals surface area contributed by atoms with Gasteiger partial charge in [0.25, 0.3) is 15.5 Å². The largest absolute Gasteiger partial charge is 0.501 e. The molecule has 0 N–H and O–H groups in total. The van der Waals surface area contributed by atoms with E-state index < -0.39 is 64.4 Å². The molecular formula is C13H14F3NO7S2. The number of sulfone groups is 1. The average Bonchev–Trinajstić information content (AvgIpc) is 2.52. The Morgan fingerprint density at radius 1 is 1.38 bits per heavy atom. The number of esters is 1. The lowest BCUT2D eigenvalue weighted by molar-refractivity contribution is -0.388. The molecule has 0 aliphatic carbocycles. The summed E-state index contributed by atoms with van der Waals surface area (Å²) in [6, 6.07) is 1.22. The summed E-state index contributed by atoms with van der Waals surface area (Å²) in [5.74, 6) is -1.68. The summed E-state index contributed by atoms with van der Waals surface area (Å²) in [5, 5.41) is 11.0. The highest BCUT2D eigenvalue weighted by Crippen LogP contribution is 2.34. The Balaban J connectivity index is 3.24. The molecule has 1 rings (SSSR count). The zero-order chi connectivity index (χ0) is 20.3. The number of ether oxygens (including phenoxy) is 1. The summed E-state index contributed by atoms with van der Waals surface area (Å²) in [6.45, 7) is 3.29. The van der Waals surface area contributed by atoms with E-state index in [1.54, 1.807) is 13.8 Å². The van der Waals surface area contributed by atoms with Gasteiger partial charge in [0.2, 0.25) is 0 Å². The van der Waals surface area contributed by atoms with E-state index in [-0.39, 0.29) is 6.07 Å². The van der Waals surface area contributed by atoms with Crippen LogP contribution in [0.1, 0.15) is 20.3 Å². The number of hydrogen-bond acceptors (Lipinski definition) is 7. The molecule has 8 nitrogen and oxygen atoms in total. The van der Waals surface area contributed by atoms with Crippen molar-refractivity contribution in [1.82, 2.24) is 0 Å². The zero-order valence-electron chi connectivity index (χ0n) is 13.5. The van der Waals surface area contributed by atoms with Crippen molar-refractivity contribution in [3.8, 4) is 0 Å². The lowest BCUT2D eigenvalue weighted by Crippen LogP contribution is -2.23. The molecule has 13 heteroatoms. The fraction of sp³-hybridized carbons (Fsp3) is 0.462. The van der Waals surface area contributed by atoms with E-state index in [4.69, 9.17) is 4.74 Å². The van der Waals surface area contributed by atoms with Crippen LogP contribution in [-0.2, 0) is 30.2 Å². The van der Waals surface area contributed by atoms with E-state index in [0.717, 1.165) is 0 Å². The second kappa shape index (κ2) is 8.12. The number of nitro benzene ring substituents is 1. The van der Waals surface area contributed by atoms with Crippen molar-refractivity contribution in [2.24, 2.45) is 0 Å². The molecular weight excluding hydrogens is 403 g/mol. The van der Waals surface area contributed by atoms with Crippen molar-refractivity contribution in [2.45, 2.75) is 41.7 Å². The third-order valence-corrected chi connectivity index (χ3v) is 5.96. The number of carbonyl (C=O) groups is 1. The van der Waals surface area contributed by atoms with E-state index in [9.17, 15) is 40.7 Å². The first kappa shape index (κ1) is 22.0. The molecule has 146 valence electrons. The molecule has 2 atom stereocenters. The first-order chi connectivity index (χ1) is 11.8. The molecule has 0 aliphatic heterocycles. The van der Waals surface area contributed by atoms with Crippen molar-refractivity contribution < 1.29 is 40.3 Å². The molecule has 2 unspecified atom stereocenters. The number of rotatable bonds is 7. The van der Waals surface area contributed by atoms with Gasteiger partial charge in [0.05, 0.1) is 26.7 Å². The monoisotopic (exact) mass is 417 g/mol. The normalized spacial score (nSPS) is 14.5. The van der Waals surface area contributed by atoms with Gasteiger partial charge in [-0.1, -0.05) is 6.92 Å². The highest BCUT2D eigenvalue weighted by molar-refractivity contribution is 7.92. The van der Waals surface area contributed by atoms with Crippen molar-refractivity contribution in [1.29, 1.82) is 0 Å². The summed E-state index contributed by atoms with van der Waals surface area (Å²) in [5.41, 5.74) is -6.76. The summed E-state index contributed by atoms with van der Waals surface area (Å²) in [7, 11) is -8.12. The molecule has 0 aromatic heterocycles. The van der Waals surface area contributed by atoms with Crippen molar-refractivity contribution in [3.63, 3.8) is 0 Å². The first-order valence-electron chi connectivity index (χ1n) is 6.98. The van der Waals surface area contributed by atoms with Crippen molar-refractivity contribution >= 4 is 32.3 Å². The maximum atomic E-state index is 12.6. The van der Waals surface area contributed by atoms with Gasteiger partial charge in [-0.25, -0.2) is 8.42 Å². The zero-order valence-corrected chi connectivity index (χ0v) is 15.1. The Bertz CT molecular complexity index is 837. The Morgan fingerprint density at radius 2 is 1.96 bits per heavy atom. The average molecular weight is 417 g/mol. The van der Waals surface area contributed by atoms with Gasteiger partial charge in [0.1, 0.15) is 10.6 Å². The van der Waals surface area contributed by atoms with Crippen LogP contribution in [0, 0.1) is 10.1 Å². The quantitative estimate of drug-likeness (QED) is 0.379. The molecule has 0 fully saturated rings. The second-order valence-electron chi connectivity index (χ2n) is 5.03. The Hall–Kier alpha value is -2.02. The standard InChI is InChI=1S/C13H14F3NO7S2/c1-3-8(2)24-12(18)7-25(21)11-5-4-9(6-10(11)17(19)20)26(22,23)13(14,15)16/h4-6,8H,3,7H2,1-2H3. The Morgan fingerprint density at radius 3 is 2.42 bits per heavy atom. The summed E-state index contributed by atoms with van der Waals surface area (Å²) >= 11 is 0. The first-order valence-corrected chi connectivity index (χ1v) is 9.79. The van der Waals surface area contributed by atoms with Gasteiger partial charge in [0.15, 0.2) is 0 Å². The molecule has 0 radical (unpaired) electrons. The predicted octanol–water partition coefficient (Wildman–Crippen LogP) is 2.34. The van der Waals surface area contributed by atoms with Gasteiger partial charge in [-0.05, 0) is 25.5 Å². The van der Waals surface area contributed by atoms with Crippen LogP contribution >= 0.6 is 0 Å². The number of carbonyl (C=O) groups excluding carboxylic acids is 1. The number of nitro groups is 1. The number of halogens is 3. The molecule has 0 spiro atoms. The molecule has 1 aromatic carbocycles. The highest BCUT2D eigenvalue weighted by atomic mass is 32.2. The van der Waals surface area contributed by atoms with Crippen LogP contribution in [0.3, 0.4) is 0 Å². The molecule has 0 aliphatic rings. The predicted molar refractivity (Wildman–Crippen MR) is 83.5 cm³/mol. The van der Waals surface area contributed by atoms with Gasteiger partial charge in [-0.3, -0.25) is 19.1 Å². The molecule has 0 saturated heterocycles. The third kappa shape index (κ3) is 5.00. The molecule has 26 heavy (non-hydrogen) atoms. The lowest BCUT2D eigenvalue weighted by atomic mass is 10.3. The van der Waals surface area contributed by atoms with Crippen molar-refractivity contribution in [3.05, 3.63) is 28.3 Å². The molecule has 0 amide bonds. The second-order valence-corrected chi connectivity index (χ2v) is 8.40. The minimum atomic E-state index is -5.81. The van der Waals surface area contributed by atoms with Gasteiger partial charge < -0.3 is 4.74 Å². The summed E-state index contributed by atoms with van der Waals surface area (Å²) < 4.78 is 77.4. The van der Waals surface area contributed by atoms with Crippen LogP contribution in [0.15, 0.2) is 28.0 Å². The van der Waals surface area contributed by atoms with E-state index in [1.807, 2.05) is 0 Å². The Labute approximate surface area is 148 Å². The van der Waals surface area contributed by atoms with Crippen LogP contribution in [0.5, 0.6) is 0 Å². The molecule has 0 saturated carbocycles. The van der Waals surface area contributed by atoms with Crippen LogP contribution in [0.25, 0.3) is 0 Å². The van der Waals surface area contributed by atoms with Gasteiger partial charge in [-0.15, -0.1) is 0 Å². The van der Waals surface area contributed by atoms with E-state index in [1.165, 1.54) is 0 Å². The third-order valence-electron chi connectivity index (χ3n) is 3.14. The number of alkyl halides is 3. The smallest absolute Gasteiger partial charge is 0.462 e. The van der Waals surface area contributed by atoms with Gasteiger partial charge >= 0.3 is 11.5 Å². The topological polar surface area (TPSA) is 121 Å². The minimum absolute atomic E-state index is 0.163. The van der Waals surface area contributed by atoms with Crippen molar-refractivity contribution in [2.75, 3.05) is 5.75 Å². The van der Waals surface area contributed by atoms with Crippen LogP contribution < -0.4 is 0 Å². The number of nitrogens with zero attached hydrogens (tertiary/aromatic N) is 1. The number of hydrogen-bond donors (Lipinski definition) is 0. The summed E-state index contributed by atoms with van der Waals surface area (Å²) in [6.07, 6.45) is -0.00325. The maximum Gasteiger partial charge on any atom is 0.501 e. The number of benzene rings is 1. The fourth-order valence-corrected chi connectivity index (χ4v) is 3.47. The van der Waals surface area contributed by atoms with Gasteiger partial charge in [0, 0.05) is 6.07 Å². The van der Waals surface area contributed by atoms with Crippen LogP contribution in [0.4, 0.5) is 18.9 Å². The summed E-state index contributed by atoms with van der Waals surface area (Å²) in [4.78, 5) is 19.5. The lowest BCUT2D eigenvalue weighted by Gasteiger charge is -2.11. The SMILES string of the molecule is CCC(C)OC(=O)CS(=O)c1ccc(S(=O)(=O)C(F)(F)F)cc1[N+](=O)[O-]. The Kier molecular flexibility index (Phi) is 6.88. The van der Waals surface area contributed by atoms with E-state index >= 15 is 0 Å². The van der Waals surface area contributed by atoms with E-state index in [2.05, 4.69) is 0 Å². The fourth-order valence-electron chi connectivity index (χ4n) is 1.66. The van der Waals surface area contributed by atoms with E-state index in [0.29, 0.717) is 18.6 Å². The minimum Gasteiger partial charge on any atom is -0.462 e. The van der Waals surface area contributed by atoms with Crippen LogP contribution in [0.2, 0.25) is 0 Å². The molecule has 0 heterocycles. The van der Waals surface area contributed by atoms with Crippen LogP contribution in [-0.4, -0.2) is 40.9 Å². The molecule has 0 bridgehead atoms. The highest BCUT2D eigenvalue weighted by Gasteiger charge is 2.47. The molecule has 1 aromatic rings. The van der Waals surface area contributed by atoms with Gasteiger partial charge in [-0.2, -0.15) is 13.2 Å².